The molecule has 0 aliphatic carbocycles. The topological polar surface area (TPSA) is 24.1 Å². The van der Waals surface area contributed by atoms with Crippen molar-refractivity contribution < 1.29 is 0 Å². The molecule has 1 aliphatic heterocycles. The molecule has 0 fully saturated rings. The van der Waals surface area contributed by atoms with Crippen molar-refractivity contribution >= 4 is 5.69 Å². The predicted molar refractivity (Wildman–Crippen MR) is 55.2 cm³/mol. The third-order valence-corrected chi connectivity index (χ3v) is 2.16. The summed E-state index contributed by atoms with van der Waals surface area (Å²) in [6, 6.07) is 8.16. The van der Waals surface area contributed by atoms with Crippen LogP contribution >= 0.6 is 0 Å². The van der Waals surface area contributed by atoms with Crippen molar-refractivity contribution in [2.45, 2.75) is 6.54 Å². The standard InChI is InChI=1S/C11H12N2/c1-8-9(2)13-11-6-4-3-5-10(11)7-12-8/h3-6,12-13H,1-2,7H2. The molecular formula is C11H12N2. The number of rotatable bonds is 0. The molecule has 2 rings (SSSR count). The first-order valence-electron chi connectivity index (χ1n) is 4.24. The van der Waals surface area contributed by atoms with E-state index in [1.54, 1.807) is 0 Å². The second-order valence-corrected chi connectivity index (χ2v) is 3.09. The first kappa shape index (κ1) is 7.92. The van der Waals surface area contributed by atoms with Gasteiger partial charge in [-0.05, 0) is 11.6 Å². The summed E-state index contributed by atoms with van der Waals surface area (Å²) in [7, 11) is 0. The molecule has 1 aliphatic rings. The maximum Gasteiger partial charge on any atom is 0.0541 e. The van der Waals surface area contributed by atoms with Gasteiger partial charge in [0.1, 0.15) is 0 Å². The van der Waals surface area contributed by atoms with Crippen LogP contribution in [-0.4, -0.2) is 0 Å². The van der Waals surface area contributed by atoms with Crippen molar-refractivity contribution in [1.29, 1.82) is 0 Å². The zero-order valence-electron chi connectivity index (χ0n) is 7.43. The lowest BCUT2D eigenvalue weighted by atomic mass is 10.2. The minimum atomic E-state index is 0.807. The van der Waals surface area contributed by atoms with Crippen molar-refractivity contribution in [3.8, 4) is 0 Å². The van der Waals surface area contributed by atoms with E-state index >= 15 is 0 Å². The van der Waals surface area contributed by atoms with Gasteiger partial charge in [-0.2, -0.15) is 0 Å². The molecule has 0 bridgehead atoms. The average molecular weight is 172 g/mol. The summed E-state index contributed by atoms with van der Waals surface area (Å²) in [5.41, 5.74) is 4.04. The Hall–Kier alpha value is -1.70. The first-order valence-corrected chi connectivity index (χ1v) is 4.24. The van der Waals surface area contributed by atoms with E-state index in [1.807, 2.05) is 18.2 Å². The fourth-order valence-corrected chi connectivity index (χ4v) is 1.34. The predicted octanol–water partition coefficient (Wildman–Crippen LogP) is 2.23. The molecule has 1 aromatic rings. The summed E-state index contributed by atoms with van der Waals surface area (Å²) in [5.74, 6) is 0. The lowest BCUT2D eigenvalue weighted by Gasteiger charge is -2.07. The monoisotopic (exact) mass is 172 g/mol. The highest BCUT2D eigenvalue weighted by Gasteiger charge is 2.09. The minimum Gasteiger partial charge on any atom is -0.380 e. The second kappa shape index (κ2) is 2.98. The molecule has 0 unspecified atom stereocenters. The van der Waals surface area contributed by atoms with Gasteiger partial charge in [0.25, 0.3) is 0 Å². The van der Waals surface area contributed by atoms with Crippen molar-refractivity contribution in [3.05, 3.63) is 54.4 Å². The Labute approximate surface area is 78.0 Å². The molecule has 0 radical (unpaired) electrons. The van der Waals surface area contributed by atoms with E-state index in [1.165, 1.54) is 5.56 Å². The van der Waals surface area contributed by atoms with Crippen molar-refractivity contribution in [2.24, 2.45) is 0 Å². The Morgan fingerprint density at radius 1 is 1.08 bits per heavy atom. The summed E-state index contributed by atoms with van der Waals surface area (Å²) < 4.78 is 0. The van der Waals surface area contributed by atoms with Gasteiger partial charge in [-0.1, -0.05) is 31.4 Å². The largest absolute Gasteiger partial charge is 0.380 e. The van der Waals surface area contributed by atoms with Crippen molar-refractivity contribution in [1.82, 2.24) is 5.32 Å². The molecule has 0 amide bonds. The molecule has 66 valence electrons. The van der Waals surface area contributed by atoms with Crippen LogP contribution in [0.4, 0.5) is 5.69 Å². The normalized spacial score (nSPS) is 15.4. The number of nitrogens with one attached hydrogen (secondary N) is 2. The van der Waals surface area contributed by atoms with Crippen LogP contribution in [0.2, 0.25) is 0 Å². The molecule has 2 heteroatoms. The van der Waals surface area contributed by atoms with E-state index in [-0.39, 0.29) is 0 Å². The smallest absolute Gasteiger partial charge is 0.0541 e. The highest BCUT2D eigenvalue weighted by atomic mass is 15.0. The first-order chi connectivity index (χ1) is 6.27. The number of hydrogen-bond acceptors (Lipinski definition) is 2. The molecule has 1 heterocycles. The highest BCUT2D eigenvalue weighted by Crippen LogP contribution is 2.21. The van der Waals surface area contributed by atoms with Crippen LogP contribution in [0.25, 0.3) is 0 Å². The molecule has 13 heavy (non-hydrogen) atoms. The number of fused-ring (bicyclic) bond motifs is 1. The third kappa shape index (κ3) is 1.43. The van der Waals surface area contributed by atoms with E-state index in [9.17, 15) is 0 Å². The molecule has 0 saturated heterocycles. The quantitative estimate of drug-likeness (QED) is 0.627. The Balaban J connectivity index is 2.40. The molecule has 2 nitrogen and oxygen atoms in total. The van der Waals surface area contributed by atoms with Gasteiger partial charge in [0.15, 0.2) is 0 Å². The van der Waals surface area contributed by atoms with Crippen LogP contribution in [-0.2, 0) is 6.54 Å². The zero-order chi connectivity index (χ0) is 9.26. The van der Waals surface area contributed by atoms with Gasteiger partial charge < -0.3 is 10.6 Å². The zero-order valence-corrected chi connectivity index (χ0v) is 7.43. The minimum absolute atomic E-state index is 0.807. The summed E-state index contributed by atoms with van der Waals surface area (Å²) in [4.78, 5) is 0. The highest BCUT2D eigenvalue weighted by molar-refractivity contribution is 5.58. The third-order valence-electron chi connectivity index (χ3n) is 2.16. The van der Waals surface area contributed by atoms with Gasteiger partial charge in [-0.3, -0.25) is 0 Å². The number of anilines is 1. The van der Waals surface area contributed by atoms with Gasteiger partial charge in [-0.15, -0.1) is 0 Å². The van der Waals surface area contributed by atoms with E-state index in [0.717, 1.165) is 23.6 Å². The number of para-hydroxylation sites is 1. The lowest BCUT2D eigenvalue weighted by Crippen LogP contribution is -2.11. The SMILES string of the molecule is C=C1NCc2ccccc2NC1=C. The number of hydrogen-bond donors (Lipinski definition) is 2. The fourth-order valence-electron chi connectivity index (χ4n) is 1.34. The molecule has 0 spiro atoms. The van der Waals surface area contributed by atoms with E-state index < -0.39 is 0 Å². The Morgan fingerprint density at radius 3 is 2.69 bits per heavy atom. The van der Waals surface area contributed by atoms with Crippen LogP contribution in [0.3, 0.4) is 0 Å². The van der Waals surface area contributed by atoms with Crippen LogP contribution in [0.5, 0.6) is 0 Å². The summed E-state index contributed by atoms with van der Waals surface area (Å²) in [6.07, 6.45) is 0. The van der Waals surface area contributed by atoms with Gasteiger partial charge in [0, 0.05) is 12.2 Å². The van der Waals surface area contributed by atoms with Gasteiger partial charge in [-0.25, -0.2) is 0 Å². The van der Waals surface area contributed by atoms with Crippen molar-refractivity contribution in [3.63, 3.8) is 0 Å². The fraction of sp³-hybridized carbons (Fsp3) is 0.0909. The van der Waals surface area contributed by atoms with Crippen LogP contribution in [0, 0.1) is 0 Å². The lowest BCUT2D eigenvalue weighted by molar-refractivity contribution is 0.841. The van der Waals surface area contributed by atoms with Gasteiger partial charge >= 0.3 is 0 Å². The molecule has 0 atom stereocenters. The summed E-state index contributed by atoms with van der Waals surface area (Å²) >= 11 is 0. The maximum atomic E-state index is 3.88. The second-order valence-electron chi connectivity index (χ2n) is 3.09. The summed E-state index contributed by atoms with van der Waals surface area (Å²) in [5, 5.41) is 6.41. The number of benzene rings is 1. The van der Waals surface area contributed by atoms with E-state index in [2.05, 4.69) is 29.9 Å². The van der Waals surface area contributed by atoms with Crippen LogP contribution < -0.4 is 10.6 Å². The van der Waals surface area contributed by atoms with Gasteiger partial charge in [0.2, 0.25) is 0 Å². The van der Waals surface area contributed by atoms with Crippen molar-refractivity contribution in [2.75, 3.05) is 5.32 Å². The van der Waals surface area contributed by atoms with Gasteiger partial charge in [0.05, 0.1) is 11.4 Å². The van der Waals surface area contributed by atoms with Crippen LogP contribution in [0.15, 0.2) is 48.8 Å². The molecule has 0 aromatic heterocycles. The summed E-state index contributed by atoms with van der Waals surface area (Å²) in [6.45, 7) is 8.55. The Bertz CT molecular complexity index is 366. The Kier molecular flexibility index (Phi) is 1.81. The van der Waals surface area contributed by atoms with E-state index in [4.69, 9.17) is 0 Å². The molecule has 0 saturated carbocycles. The molecule has 1 aromatic carbocycles. The van der Waals surface area contributed by atoms with E-state index in [0.29, 0.717) is 0 Å². The van der Waals surface area contributed by atoms with Crippen LogP contribution in [0.1, 0.15) is 5.56 Å². The average Bonchev–Trinajstić information content (AvgIpc) is 2.28. The Morgan fingerprint density at radius 2 is 1.85 bits per heavy atom. The molecular weight excluding hydrogens is 160 g/mol. The maximum absolute atomic E-state index is 3.88. The molecule has 2 N–H and O–H groups in total.